The summed E-state index contributed by atoms with van der Waals surface area (Å²) in [6, 6.07) is 2.56. The van der Waals surface area contributed by atoms with E-state index < -0.39 is 49.6 Å². The van der Waals surface area contributed by atoms with Crippen LogP contribution in [-0.2, 0) is 20.9 Å². The second-order valence-corrected chi connectivity index (χ2v) is 5.46. The molecule has 0 aromatic heterocycles. The van der Waals surface area contributed by atoms with Crippen LogP contribution in [0.25, 0.3) is 0 Å². The molecule has 7 nitrogen and oxygen atoms in total. The van der Waals surface area contributed by atoms with Crippen LogP contribution in [0.5, 0.6) is 0 Å². The molecule has 0 bridgehead atoms. The van der Waals surface area contributed by atoms with Crippen molar-refractivity contribution in [2.45, 2.75) is 25.2 Å². The van der Waals surface area contributed by atoms with Crippen molar-refractivity contribution in [2.24, 2.45) is 0 Å². The quantitative estimate of drug-likeness (QED) is 0.793. The van der Waals surface area contributed by atoms with E-state index in [1.165, 1.54) is 18.2 Å². The van der Waals surface area contributed by atoms with Gasteiger partial charge in [0.1, 0.15) is 12.6 Å². The van der Waals surface area contributed by atoms with Crippen molar-refractivity contribution >= 4 is 23.5 Å². The highest BCUT2D eigenvalue weighted by Crippen LogP contribution is 2.28. The van der Waals surface area contributed by atoms with E-state index in [9.17, 15) is 27.6 Å². The SMILES string of the molecule is COC(=O)C[C@@H]1Nc2ccc(C(=O)O)cc2CN(CC(F)(F)F)C1=O. The van der Waals surface area contributed by atoms with Gasteiger partial charge in [0.25, 0.3) is 0 Å². The van der Waals surface area contributed by atoms with Crippen LogP contribution < -0.4 is 5.32 Å². The Morgan fingerprint density at radius 1 is 1.40 bits per heavy atom. The maximum absolute atomic E-state index is 12.8. The van der Waals surface area contributed by atoms with Crippen molar-refractivity contribution in [3.05, 3.63) is 29.3 Å². The average molecular weight is 360 g/mol. The van der Waals surface area contributed by atoms with Gasteiger partial charge in [-0.25, -0.2) is 4.79 Å². The van der Waals surface area contributed by atoms with Crippen LogP contribution >= 0.6 is 0 Å². The van der Waals surface area contributed by atoms with Crippen LogP contribution in [-0.4, -0.2) is 53.7 Å². The number of hydrogen-bond acceptors (Lipinski definition) is 5. The lowest BCUT2D eigenvalue weighted by Gasteiger charge is -2.25. The van der Waals surface area contributed by atoms with Gasteiger partial charge in [-0.05, 0) is 23.8 Å². The molecule has 1 aromatic rings. The van der Waals surface area contributed by atoms with Crippen molar-refractivity contribution in [3.63, 3.8) is 0 Å². The van der Waals surface area contributed by atoms with Crippen LogP contribution in [0.1, 0.15) is 22.3 Å². The minimum atomic E-state index is -4.64. The molecule has 136 valence electrons. The van der Waals surface area contributed by atoms with E-state index in [1.807, 2.05) is 0 Å². The molecule has 0 saturated carbocycles. The first-order valence-corrected chi connectivity index (χ1v) is 7.16. The number of carbonyl (C=O) groups excluding carboxylic acids is 2. The van der Waals surface area contributed by atoms with E-state index in [0.29, 0.717) is 4.90 Å². The Hall–Kier alpha value is -2.78. The zero-order valence-electron chi connectivity index (χ0n) is 13.1. The molecule has 0 saturated heterocycles. The molecule has 1 aliphatic heterocycles. The summed E-state index contributed by atoms with van der Waals surface area (Å²) in [5, 5.41) is 11.7. The van der Waals surface area contributed by atoms with E-state index in [4.69, 9.17) is 5.11 Å². The third-order valence-electron chi connectivity index (χ3n) is 3.62. The Labute approximate surface area is 140 Å². The number of methoxy groups -OCH3 is 1. The Morgan fingerprint density at radius 3 is 2.64 bits per heavy atom. The van der Waals surface area contributed by atoms with Gasteiger partial charge in [0, 0.05) is 12.2 Å². The fourth-order valence-corrected chi connectivity index (χ4v) is 2.49. The lowest BCUT2D eigenvalue weighted by atomic mass is 10.1. The van der Waals surface area contributed by atoms with Gasteiger partial charge in [-0.3, -0.25) is 9.59 Å². The number of amides is 1. The van der Waals surface area contributed by atoms with Crippen molar-refractivity contribution in [1.29, 1.82) is 0 Å². The van der Waals surface area contributed by atoms with Crippen LogP contribution in [0.3, 0.4) is 0 Å². The Kier molecular flexibility index (Phi) is 5.19. The van der Waals surface area contributed by atoms with E-state index in [2.05, 4.69) is 10.1 Å². The maximum Gasteiger partial charge on any atom is 0.406 e. The summed E-state index contributed by atoms with van der Waals surface area (Å²) >= 11 is 0. The minimum Gasteiger partial charge on any atom is -0.478 e. The highest BCUT2D eigenvalue weighted by molar-refractivity contribution is 5.92. The number of carbonyl (C=O) groups is 3. The number of nitrogens with one attached hydrogen (secondary N) is 1. The zero-order valence-corrected chi connectivity index (χ0v) is 13.1. The molecule has 0 fully saturated rings. The van der Waals surface area contributed by atoms with Crippen molar-refractivity contribution < 1.29 is 37.4 Å². The molecule has 1 heterocycles. The largest absolute Gasteiger partial charge is 0.478 e. The summed E-state index contributed by atoms with van der Waals surface area (Å²) in [4.78, 5) is 35.4. The van der Waals surface area contributed by atoms with Gasteiger partial charge in [-0.2, -0.15) is 13.2 Å². The summed E-state index contributed by atoms with van der Waals surface area (Å²) < 4.78 is 42.8. The first kappa shape index (κ1) is 18.6. The number of alkyl halides is 3. The second kappa shape index (κ2) is 6.99. The number of carboxylic acids is 1. The summed E-state index contributed by atoms with van der Waals surface area (Å²) in [6.07, 6.45) is -5.09. The molecule has 1 aromatic carbocycles. The molecule has 25 heavy (non-hydrogen) atoms. The number of nitrogens with zero attached hydrogens (tertiary/aromatic N) is 1. The predicted octanol–water partition coefficient (Wildman–Crippen LogP) is 1.63. The number of benzene rings is 1. The maximum atomic E-state index is 12.8. The van der Waals surface area contributed by atoms with E-state index in [1.54, 1.807) is 0 Å². The molecule has 0 spiro atoms. The lowest BCUT2D eigenvalue weighted by Crippen LogP contribution is -2.45. The molecular formula is C15H15F3N2O5. The van der Waals surface area contributed by atoms with Crippen molar-refractivity contribution in [3.8, 4) is 0 Å². The Balaban J connectivity index is 2.41. The molecule has 0 radical (unpaired) electrons. The number of carboxylic acid groups (broad SMARTS) is 1. The molecule has 1 amide bonds. The number of aromatic carboxylic acids is 1. The van der Waals surface area contributed by atoms with Gasteiger partial charge in [0.15, 0.2) is 0 Å². The second-order valence-electron chi connectivity index (χ2n) is 5.46. The monoisotopic (exact) mass is 360 g/mol. The molecule has 2 rings (SSSR count). The molecule has 2 N–H and O–H groups in total. The molecule has 0 unspecified atom stereocenters. The number of ether oxygens (including phenoxy) is 1. The van der Waals surface area contributed by atoms with Gasteiger partial charge < -0.3 is 20.1 Å². The predicted molar refractivity (Wildman–Crippen MR) is 78.9 cm³/mol. The van der Waals surface area contributed by atoms with Gasteiger partial charge in [0.2, 0.25) is 5.91 Å². The Bertz CT molecular complexity index is 705. The first-order chi connectivity index (χ1) is 11.6. The zero-order chi connectivity index (χ0) is 18.8. The summed E-state index contributed by atoms with van der Waals surface area (Å²) in [6.45, 7) is -1.94. The summed E-state index contributed by atoms with van der Waals surface area (Å²) in [7, 11) is 1.10. The molecule has 1 aliphatic rings. The van der Waals surface area contributed by atoms with Crippen LogP contribution in [0.2, 0.25) is 0 Å². The summed E-state index contributed by atoms with van der Waals surface area (Å²) in [5.74, 6) is -2.92. The van der Waals surface area contributed by atoms with E-state index >= 15 is 0 Å². The molecule has 1 atom stereocenters. The van der Waals surface area contributed by atoms with Crippen LogP contribution in [0.4, 0.5) is 18.9 Å². The minimum absolute atomic E-state index is 0.119. The third kappa shape index (κ3) is 4.61. The number of rotatable bonds is 4. The van der Waals surface area contributed by atoms with Gasteiger partial charge in [-0.1, -0.05) is 0 Å². The lowest BCUT2D eigenvalue weighted by molar-refractivity contribution is -0.163. The topological polar surface area (TPSA) is 95.9 Å². The van der Waals surface area contributed by atoms with Gasteiger partial charge in [0.05, 0.1) is 19.1 Å². The number of hydrogen-bond donors (Lipinski definition) is 2. The fraction of sp³-hybridized carbons (Fsp3) is 0.400. The van der Waals surface area contributed by atoms with E-state index in [-0.39, 0.29) is 16.8 Å². The van der Waals surface area contributed by atoms with Gasteiger partial charge >= 0.3 is 18.1 Å². The molecule has 0 aliphatic carbocycles. The first-order valence-electron chi connectivity index (χ1n) is 7.16. The number of halogens is 3. The van der Waals surface area contributed by atoms with Crippen LogP contribution in [0.15, 0.2) is 18.2 Å². The van der Waals surface area contributed by atoms with Gasteiger partial charge in [-0.15, -0.1) is 0 Å². The number of esters is 1. The standard InChI is InChI=1S/C15H15F3N2O5/c1-25-12(21)5-11-13(22)20(7-15(16,17)18)6-9-4-8(14(23)24)2-3-10(9)19-11/h2-4,11,19H,5-7H2,1H3,(H,23,24)/t11-/m0/s1. The smallest absolute Gasteiger partial charge is 0.406 e. The molecule has 10 heteroatoms. The van der Waals surface area contributed by atoms with Crippen molar-refractivity contribution in [1.82, 2.24) is 4.90 Å². The van der Waals surface area contributed by atoms with Crippen LogP contribution in [0, 0.1) is 0 Å². The highest BCUT2D eigenvalue weighted by atomic mass is 19.4. The van der Waals surface area contributed by atoms with Crippen molar-refractivity contribution in [2.75, 3.05) is 19.0 Å². The Morgan fingerprint density at radius 2 is 2.08 bits per heavy atom. The average Bonchev–Trinajstić information content (AvgIpc) is 2.63. The summed E-state index contributed by atoms with van der Waals surface area (Å²) in [5.41, 5.74) is 0.383. The third-order valence-corrected chi connectivity index (χ3v) is 3.62. The highest BCUT2D eigenvalue weighted by Gasteiger charge is 2.38. The number of fused-ring (bicyclic) bond motifs is 1. The fourth-order valence-electron chi connectivity index (χ4n) is 2.49. The van der Waals surface area contributed by atoms with E-state index in [0.717, 1.165) is 7.11 Å². The molecular weight excluding hydrogens is 345 g/mol. The number of anilines is 1. The normalized spacial score (nSPS) is 17.4.